The first kappa shape index (κ1) is 23.4. The number of para-hydroxylation sites is 1. The number of hydrogen-bond donors (Lipinski definition) is 1. The molecule has 194 valence electrons. The van der Waals surface area contributed by atoms with E-state index in [4.69, 9.17) is 14.4 Å². The first-order chi connectivity index (χ1) is 20.3. The fourth-order valence-electron chi connectivity index (χ4n) is 5.82. The summed E-state index contributed by atoms with van der Waals surface area (Å²) in [5.41, 5.74) is 6.99. The van der Waals surface area contributed by atoms with Gasteiger partial charge < -0.3 is 9.73 Å². The molecule has 1 unspecified atom stereocenters. The number of nitrogens with one attached hydrogen (secondary N) is 1. The van der Waals surface area contributed by atoms with Crippen molar-refractivity contribution in [2.24, 2.45) is 9.98 Å². The highest BCUT2D eigenvalue weighted by Gasteiger charge is 2.25. The van der Waals surface area contributed by atoms with Gasteiger partial charge in [0.15, 0.2) is 12.0 Å². The van der Waals surface area contributed by atoms with Crippen LogP contribution < -0.4 is 5.32 Å². The summed E-state index contributed by atoms with van der Waals surface area (Å²) in [6.07, 6.45) is -0.373. The first-order valence-corrected chi connectivity index (χ1v) is 13.8. The molecule has 1 aliphatic rings. The van der Waals surface area contributed by atoms with E-state index in [2.05, 4.69) is 90.2 Å². The van der Waals surface area contributed by atoms with Crippen LogP contribution in [0.3, 0.4) is 0 Å². The second kappa shape index (κ2) is 9.61. The lowest BCUT2D eigenvalue weighted by atomic mass is 9.94. The van der Waals surface area contributed by atoms with Crippen molar-refractivity contribution in [2.75, 3.05) is 0 Å². The van der Waals surface area contributed by atoms with E-state index >= 15 is 0 Å². The van der Waals surface area contributed by atoms with Crippen molar-refractivity contribution in [1.29, 1.82) is 0 Å². The molecule has 0 spiro atoms. The summed E-state index contributed by atoms with van der Waals surface area (Å²) in [5, 5.41) is 8.18. The third-order valence-corrected chi connectivity index (χ3v) is 7.74. The minimum Gasteiger partial charge on any atom is -0.456 e. The summed E-state index contributed by atoms with van der Waals surface area (Å²) in [6, 6.07) is 47.9. The molecule has 4 heteroatoms. The Hall–Kier alpha value is -5.48. The second-order valence-corrected chi connectivity index (χ2v) is 10.2. The summed E-state index contributed by atoms with van der Waals surface area (Å²) in [4.78, 5) is 10.0. The van der Waals surface area contributed by atoms with Gasteiger partial charge in [0.1, 0.15) is 17.0 Å². The fourth-order valence-corrected chi connectivity index (χ4v) is 5.82. The van der Waals surface area contributed by atoms with Gasteiger partial charge in [0.25, 0.3) is 0 Å². The molecule has 2 heterocycles. The van der Waals surface area contributed by atoms with Crippen LogP contribution in [-0.4, -0.2) is 11.7 Å². The molecule has 1 aromatic heterocycles. The van der Waals surface area contributed by atoms with Gasteiger partial charge in [0.05, 0.1) is 0 Å². The van der Waals surface area contributed by atoms with Crippen molar-refractivity contribution in [3.63, 3.8) is 0 Å². The third-order valence-electron chi connectivity index (χ3n) is 7.74. The predicted octanol–water partition coefficient (Wildman–Crippen LogP) is 8.90. The van der Waals surface area contributed by atoms with Crippen molar-refractivity contribution in [3.8, 4) is 11.1 Å². The summed E-state index contributed by atoms with van der Waals surface area (Å²) in [6.45, 7) is 0. The smallest absolute Gasteiger partial charge is 0.159 e. The summed E-state index contributed by atoms with van der Waals surface area (Å²) in [5.74, 6) is 1.48. The van der Waals surface area contributed by atoms with Crippen molar-refractivity contribution in [1.82, 2.24) is 5.32 Å². The van der Waals surface area contributed by atoms with Crippen LogP contribution in [0.5, 0.6) is 0 Å². The minimum absolute atomic E-state index is 0.373. The Balaban J connectivity index is 1.35. The maximum absolute atomic E-state index is 6.74. The molecule has 6 aromatic carbocycles. The van der Waals surface area contributed by atoms with E-state index in [-0.39, 0.29) is 6.17 Å². The quantitative estimate of drug-likeness (QED) is 0.248. The number of rotatable bonds is 4. The van der Waals surface area contributed by atoms with Gasteiger partial charge >= 0.3 is 0 Å². The lowest BCUT2D eigenvalue weighted by Crippen LogP contribution is -2.33. The summed E-state index contributed by atoms with van der Waals surface area (Å²) in [7, 11) is 0. The maximum Gasteiger partial charge on any atom is 0.159 e. The Labute approximate surface area is 237 Å². The van der Waals surface area contributed by atoms with Gasteiger partial charge in [-0.25, -0.2) is 9.98 Å². The molecule has 0 radical (unpaired) electrons. The predicted molar refractivity (Wildman–Crippen MR) is 168 cm³/mol. The molecule has 1 aliphatic heterocycles. The Bertz CT molecular complexity index is 2110. The molecule has 0 aliphatic carbocycles. The average molecular weight is 528 g/mol. The van der Waals surface area contributed by atoms with Gasteiger partial charge in [-0.15, -0.1) is 0 Å². The normalized spacial score (nSPS) is 15.1. The molecule has 41 heavy (non-hydrogen) atoms. The standard InChI is InChI=1S/C37H25N3O/c1-4-13-24(14-5-1)31-23-32-33(28-20-11-10-19-27(28)31)29-21-12-22-30(34(29)41-32)37-39-35(25-15-6-2-7-16-25)38-36(40-37)26-17-8-3-9-18-26/h1-23,37H,(H,38,39,40). The minimum atomic E-state index is -0.373. The van der Waals surface area contributed by atoms with E-state index in [0.717, 1.165) is 50.0 Å². The zero-order chi connectivity index (χ0) is 27.2. The van der Waals surface area contributed by atoms with Crippen molar-refractivity contribution < 1.29 is 4.42 Å². The van der Waals surface area contributed by atoms with Crippen LogP contribution in [0, 0.1) is 0 Å². The Morgan fingerprint density at radius 2 is 1.17 bits per heavy atom. The SMILES string of the molecule is c1ccc(C2=NC(c3cccc4c3oc3cc(-c5ccccc5)c5ccccc5c34)NC(c3ccccc3)=N2)cc1. The fraction of sp³-hybridized carbons (Fsp3) is 0.0270. The lowest BCUT2D eigenvalue weighted by molar-refractivity contribution is 0.629. The number of hydrogen-bond acceptors (Lipinski definition) is 4. The number of fused-ring (bicyclic) bond motifs is 5. The molecule has 0 bridgehead atoms. The summed E-state index contributed by atoms with van der Waals surface area (Å²) < 4.78 is 6.74. The molecule has 1 N–H and O–H groups in total. The van der Waals surface area contributed by atoms with Crippen LogP contribution in [-0.2, 0) is 0 Å². The van der Waals surface area contributed by atoms with E-state index in [9.17, 15) is 0 Å². The highest BCUT2D eigenvalue weighted by atomic mass is 16.3. The molecule has 7 aromatic rings. The van der Waals surface area contributed by atoms with Gasteiger partial charge in [-0.1, -0.05) is 133 Å². The van der Waals surface area contributed by atoms with Gasteiger partial charge in [0, 0.05) is 27.5 Å². The maximum atomic E-state index is 6.74. The third kappa shape index (κ3) is 4.00. The van der Waals surface area contributed by atoms with Crippen molar-refractivity contribution >= 4 is 44.4 Å². The molecule has 0 fully saturated rings. The molecule has 0 saturated heterocycles. The lowest BCUT2D eigenvalue weighted by Gasteiger charge is -2.23. The molecular weight excluding hydrogens is 502 g/mol. The highest BCUT2D eigenvalue weighted by molar-refractivity contribution is 6.22. The van der Waals surface area contributed by atoms with Crippen LogP contribution in [0.25, 0.3) is 43.8 Å². The number of amidine groups is 2. The molecule has 4 nitrogen and oxygen atoms in total. The van der Waals surface area contributed by atoms with Crippen LogP contribution in [0.2, 0.25) is 0 Å². The number of nitrogens with zero attached hydrogens (tertiary/aromatic N) is 2. The molecule has 8 rings (SSSR count). The molecule has 1 atom stereocenters. The molecule has 0 amide bonds. The van der Waals surface area contributed by atoms with Gasteiger partial charge in [0.2, 0.25) is 0 Å². The zero-order valence-corrected chi connectivity index (χ0v) is 22.2. The Kier molecular flexibility index (Phi) is 5.49. The second-order valence-electron chi connectivity index (χ2n) is 10.2. The van der Waals surface area contributed by atoms with E-state index in [0.29, 0.717) is 5.84 Å². The van der Waals surface area contributed by atoms with Crippen molar-refractivity contribution in [2.45, 2.75) is 6.17 Å². The van der Waals surface area contributed by atoms with E-state index in [1.165, 1.54) is 16.3 Å². The number of furan rings is 1. The summed E-state index contributed by atoms with van der Waals surface area (Å²) >= 11 is 0. The number of aliphatic imine (C=N–C) groups is 2. The van der Waals surface area contributed by atoms with E-state index < -0.39 is 0 Å². The van der Waals surface area contributed by atoms with Crippen LogP contribution in [0.15, 0.2) is 154 Å². The van der Waals surface area contributed by atoms with Crippen LogP contribution in [0.4, 0.5) is 0 Å². The molecule has 0 saturated carbocycles. The Morgan fingerprint density at radius 1 is 0.561 bits per heavy atom. The monoisotopic (exact) mass is 527 g/mol. The first-order valence-electron chi connectivity index (χ1n) is 13.8. The van der Waals surface area contributed by atoms with Gasteiger partial charge in [-0.2, -0.15) is 0 Å². The molecular formula is C37H25N3O. The van der Waals surface area contributed by atoms with Crippen LogP contribution >= 0.6 is 0 Å². The topological polar surface area (TPSA) is 49.9 Å². The van der Waals surface area contributed by atoms with Crippen molar-refractivity contribution in [3.05, 3.63) is 156 Å². The Morgan fingerprint density at radius 3 is 1.90 bits per heavy atom. The number of benzene rings is 6. The van der Waals surface area contributed by atoms with Gasteiger partial charge in [-0.05, 0) is 28.0 Å². The van der Waals surface area contributed by atoms with Gasteiger partial charge in [-0.3, -0.25) is 0 Å². The highest BCUT2D eigenvalue weighted by Crippen LogP contribution is 2.42. The van der Waals surface area contributed by atoms with E-state index in [1.54, 1.807) is 0 Å². The van der Waals surface area contributed by atoms with Crippen LogP contribution in [0.1, 0.15) is 22.9 Å². The largest absolute Gasteiger partial charge is 0.456 e. The average Bonchev–Trinajstić information content (AvgIpc) is 3.44. The van der Waals surface area contributed by atoms with E-state index in [1.807, 2.05) is 54.6 Å². The zero-order valence-electron chi connectivity index (χ0n) is 22.2.